The minimum absolute atomic E-state index is 0.0604. The summed E-state index contributed by atoms with van der Waals surface area (Å²) >= 11 is 6.19. The van der Waals surface area contributed by atoms with Crippen molar-refractivity contribution in [2.45, 2.75) is 44.4 Å². The van der Waals surface area contributed by atoms with Crippen molar-refractivity contribution in [3.05, 3.63) is 58.7 Å². The van der Waals surface area contributed by atoms with Crippen LogP contribution in [0.3, 0.4) is 0 Å². The molecule has 29 heavy (non-hydrogen) atoms. The highest BCUT2D eigenvalue weighted by atomic mass is 35.5. The van der Waals surface area contributed by atoms with E-state index in [1.165, 1.54) is 0 Å². The highest BCUT2D eigenvalue weighted by molar-refractivity contribution is 6.30. The highest BCUT2D eigenvalue weighted by Gasteiger charge is 2.48. The van der Waals surface area contributed by atoms with Gasteiger partial charge in [0.1, 0.15) is 5.82 Å². The number of rotatable bonds is 4. The highest BCUT2D eigenvalue weighted by Crippen LogP contribution is 2.46. The first-order valence-corrected chi connectivity index (χ1v) is 10.7. The lowest BCUT2D eigenvalue weighted by atomic mass is 9.63. The first-order valence-electron chi connectivity index (χ1n) is 10.3. The van der Waals surface area contributed by atoms with Gasteiger partial charge in [-0.05, 0) is 61.9 Å². The number of nitrogens with one attached hydrogen (secondary N) is 1. The van der Waals surface area contributed by atoms with Gasteiger partial charge in [0.15, 0.2) is 0 Å². The molecule has 1 unspecified atom stereocenters. The summed E-state index contributed by atoms with van der Waals surface area (Å²) in [5.74, 6) is 0.452. The van der Waals surface area contributed by atoms with Crippen LogP contribution in [-0.4, -0.2) is 34.8 Å². The van der Waals surface area contributed by atoms with Gasteiger partial charge >= 0.3 is 0 Å². The molecule has 2 amide bonds. The number of benzene rings is 1. The molecule has 1 N–H and O–H groups in total. The van der Waals surface area contributed by atoms with Crippen LogP contribution in [0.15, 0.2) is 42.6 Å². The molecule has 1 aromatic heterocycles. The smallest absolute Gasteiger partial charge is 0.233 e. The molecule has 1 aliphatic carbocycles. The number of halogens is 1. The van der Waals surface area contributed by atoms with Gasteiger partial charge in [-0.25, -0.2) is 4.98 Å². The lowest BCUT2D eigenvalue weighted by Crippen LogP contribution is -2.54. The van der Waals surface area contributed by atoms with Crippen LogP contribution in [0.25, 0.3) is 0 Å². The molecule has 152 valence electrons. The molecule has 0 spiro atoms. The number of carbonyl (C=O) groups is 2. The predicted octanol–water partition coefficient (Wildman–Crippen LogP) is 4.34. The fourth-order valence-electron chi connectivity index (χ4n) is 4.46. The maximum absolute atomic E-state index is 13.5. The van der Waals surface area contributed by atoms with Crippen LogP contribution in [0.1, 0.15) is 43.2 Å². The lowest BCUT2D eigenvalue weighted by Gasteiger charge is -2.45. The molecule has 1 saturated carbocycles. The second-order valence-electron chi connectivity index (χ2n) is 8.19. The average molecular weight is 412 g/mol. The predicted molar refractivity (Wildman–Crippen MR) is 114 cm³/mol. The van der Waals surface area contributed by atoms with Crippen molar-refractivity contribution in [3.8, 4) is 0 Å². The van der Waals surface area contributed by atoms with Gasteiger partial charge in [-0.2, -0.15) is 0 Å². The van der Waals surface area contributed by atoms with Gasteiger partial charge in [0.2, 0.25) is 11.8 Å². The number of aryl methyl sites for hydroxylation is 1. The molecular weight excluding hydrogens is 386 g/mol. The van der Waals surface area contributed by atoms with Gasteiger partial charge in [-0.15, -0.1) is 0 Å². The normalized spacial score (nSPS) is 20.6. The largest absolute Gasteiger partial charge is 0.341 e. The molecule has 1 atom stereocenters. The maximum Gasteiger partial charge on any atom is 0.233 e. The van der Waals surface area contributed by atoms with Crippen LogP contribution in [0.2, 0.25) is 5.02 Å². The average Bonchev–Trinajstić information content (AvgIpc) is 2.69. The minimum Gasteiger partial charge on any atom is -0.341 e. The van der Waals surface area contributed by atoms with Crippen molar-refractivity contribution in [2.24, 2.45) is 5.92 Å². The zero-order valence-corrected chi connectivity index (χ0v) is 17.4. The molecule has 0 radical (unpaired) electrons. The van der Waals surface area contributed by atoms with Crippen LogP contribution in [0.4, 0.5) is 5.82 Å². The van der Waals surface area contributed by atoms with Crippen molar-refractivity contribution in [1.82, 2.24) is 9.88 Å². The molecule has 1 aromatic carbocycles. The monoisotopic (exact) mass is 411 g/mol. The Morgan fingerprint density at radius 3 is 2.72 bits per heavy atom. The summed E-state index contributed by atoms with van der Waals surface area (Å²) in [5, 5.41) is 3.60. The van der Waals surface area contributed by atoms with E-state index in [2.05, 4.69) is 10.3 Å². The fourth-order valence-corrected chi connectivity index (χ4v) is 4.65. The molecule has 2 aliphatic rings. The van der Waals surface area contributed by atoms with Crippen LogP contribution >= 0.6 is 11.6 Å². The van der Waals surface area contributed by atoms with Gasteiger partial charge in [-0.1, -0.05) is 36.2 Å². The van der Waals surface area contributed by atoms with Crippen molar-refractivity contribution in [1.29, 1.82) is 0 Å². The summed E-state index contributed by atoms with van der Waals surface area (Å²) in [6.45, 7) is 3.08. The Morgan fingerprint density at radius 2 is 2.03 bits per heavy atom. The van der Waals surface area contributed by atoms with Gasteiger partial charge in [0, 0.05) is 24.3 Å². The SMILES string of the molecule is Cc1cccnc1NC(=O)C1CCCN(C(=O)C2(c3cccc(Cl)c3)CCC2)C1. The molecule has 4 rings (SSSR count). The summed E-state index contributed by atoms with van der Waals surface area (Å²) in [6, 6.07) is 11.4. The van der Waals surface area contributed by atoms with Crippen molar-refractivity contribution < 1.29 is 9.59 Å². The Bertz CT molecular complexity index is 926. The standard InChI is InChI=1S/C23H26ClN3O2/c1-16-6-3-12-25-20(16)26-21(28)17-7-4-13-27(15-17)22(29)23(10-5-11-23)18-8-2-9-19(24)14-18/h2-3,6,8-9,12,14,17H,4-5,7,10-11,13,15H2,1H3,(H,25,26,28). The van der Waals surface area contributed by atoms with Gasteiger partial charge in [0.05, 0.1) is 11.3 Å². The second kappa shape index (κ2) is 8.15. The van der Waals surface area contributed by atoms with E-state index in [0.29, 0.717) is 23.9 Å². The number of nitrogens with zero attached hydrogens (tertiary/aromatic N) is 2. The third-order valence-corrected chi connectivity index (χ3v) is 6.56. The Hall–Kier alpha value is -2.40. The molecule has 2 fully saturated rings. The number of aromatic nitrogens is 1. The van der Waals surface area contributed by atoms with Crippen LogP contribution < -0.4 is 5.32 Å². The zero-order chi connectivity index (χ0) is 20.4. The van der Waals surface area contributed by atoms with Crippen molar-refractivity contribution in [2.75, 3.05) is 18.4 Å². The summed E-state index contributed by atoms with van der Waals surface area (Å²) in [7, 11) is 0. The number of carbonyl (C=O) groups excluding carboxylic acids is 2. The summed E-state index contributed by atoms with van der Waals surface area (Å²) < 4.78 is 0. The van der Waals surface area contributed by atoms with E-state index in [9.17, 15) is 9.59 Å². The fraction of sp³-hybridized carbons (Fsp3) is 0.435. The van der Waals surface area contributed by atoms with E-state index in [-0.39, 0.29) is 17.7 Å². The lowest BCUT2D eigenvalue weighted by molar-refractivity contribution is -0.143. The molecule has 2 heterocycles. The number of anilines is 1. The number of hydrogen-bond acceptors (Lipinski definition) is 3. The first-order chi connectivity index (χ1) is 14.0. The van der Waals surface area contributed by atoms with E-state index in [0.717, 1.165) is 43.2 Å². The number of amides is 2. The Kier molecular flexibility index (Phi) is 5.59. The first kappa shape index (κ1) is 19.9. The molecule has 1 aliphatic heterocycles. The minimum atomic E-state index is -0.485. The van der Waals surface area contributed by atoms with E-state index >= 15 is 0 Å². The topological polar surface area (TPSA) is 62.3 Å². The van der Waals surface area contributed by atoms with E-state index in [1.807, 2.05) is 48.2 Å². The van der Waals surface area contributed by atoms with Crippen molar-refractivity contribution in [3.63, 3.8) is 0 Å². The third-order valence-electron chi connectivity index (χ3n) is 6.32. The number of pyridine rings is 1. The van der Waals surface area contributed by atoms with Gasteiger partial charge in [0.25, 0.3) is 0 Å². The number of likely N-dealkylation sites (tertiary alicyclic amines) is 1. The summed E-state index contributed by atoms with van der Waals surface area (Å²) in [4.78, 5) is 32.5. The number of piperidine rings is 1. The third kappa shape index (κ3) is 3.88. The van der Waals surface area contributed by atoms with Crippen molar-refractivity contribution >= 4 is 29.2 Å². The molecule has 1 saturated heterocycles. The van der Waals surface area contributed by atoms with E-state index in [1.54, 1.807) is 6.20 Å². The maximum atomic E-state index is 13.5. The van der Waals surface area contributed by atoms with E-state index < -0.39 is 5.41 Å². The molecule has 6 heteroatoms. The molecular formula is C23H26ClN3O2. The Morgan fingerprint density at radius 1 is 1.21 bits per heavy atom. The summed E-state index contributed by atoms with van der Waals surface area (Å²) in [6.07, 6.45) is 6.00. The zero-order valence-electron chi connectivity index (χ0n) is 16.7. The van der Waals surface area contributed by atoms with Gasteiger partial charge in [-0.3, -0.25) is 9.59 Å². The Labute approximate surface area is 176 Å². The number of hydrogen-bond donors (Lipinski definition) is 1. The quantitative estimate of drug-likeness (QED) is 0.813. The second-order valence-corrected chi connectivity index (χ2v) is 8.63. The Balaban J connectivity index is 1.48. The van der Waals surface area contributed by atoms with E-state index in [4.69, 9.17) is 11.6 Å². The van der Waals surface area contributed by atoms with Crippen LogP contribution in [0, 0.1) is 12.8 Å². The van der Waals surface area contributed by atoms with Crippen LogP contribution in [-0.2, 0) is 15.0 Å². The molecule has 5 nitrogen and oxygen atoms in total. The summed E-state index contributed by atoms with van der Waals surface area (Å²) in [5.41, 5.74) is 1.44. The molecule has 0 bridgehead atoms. The van der Waals surface area contributed by atoms with Gasteiger partial charge < -0.3 is 10.2 Å². The van der Waals surface area contributed by atoms with Crippen LogP contribution in [0.5, 0.6) is 0 Å². The molecule has 2 aromatic rings.